The zero-order valence-electron chi connectivity index (χ0n) is 31.7. The zero-order valence-corrected chi connectivity index (χ0v) is 31.7. The molecular formula is C42H82O4. The first-order valence-corrected chi connectivity index (χ1v) is 21.0. The van der Waals surface area contributed by atoms with Gasteiger partial charge in [0.05, 0.1) is 0 Å². The summed E-state index contributed by atoms with van der Waals surface area (Å²) in [6.07, 6.45) is 42.6. The molecule has 0 bridgehead atoms. The van der Waals surface area contributed by atoms with Crippen molar-refractivity contribution in [3.8, 4) is 0 Å². The lowest BCUT2D eigenvalue weighted by atomic mass is 10.0. The highest BCUT2D eigenvalue weighted by Crippen LogP contribution is 2.17. The van der Waals surface area contributed by atoms with Crippen LogP contribution in [-0.4, -0.2) is 18.2 Å². The number of ether oxygens (including phenoxy) is 2. The summed E-state index contributed by atoms with van der Waals surface area (Å²) in [6.45, 7) is 6.79. The second kappa shape index (κ2) is 38.4. The lowest BCUT2D eigenvalue weighted by Crippen LogP contribution is -2.24. The second-order valence-electron chi connectivity index (χ2n) is 14.3. The van der Waals surface area contributed by atoms with Gasteiger partial charge in [-0.3, -0.25) is 9.59 Å². The van der Waals surface area contributed by atoms with Gasteiger partial charge in [0, 0.05) is 19.3 Å². The van der Waals surface area contributed by atoms with Crippen molar-refractivity contribution in [3.05, 3.63) is 0 Å². The molecule has 0 aromatic rings. The number of carbonyl (C=O) groups is 2. The van der Waals surface area contributed by atoms with Crippen LogP contribution in [-0.2, 0) is 19.1 Å². The average molecular weight is 651 g/mol. The zero-order chi connectivity index (χ0) is 33.6. The largest absolute Gasteiger partial charge is 0.425 e. The molecule has 0 aromatic heterocycles. The van der Waals surface area contributed by atoms with E-state index in [2.05, 4.69) is 20.8 Å². The molecule has 0 unspecified atom stereocenters. The molecule has 274 valence electrons. The van der Waals surface area contributed by atoms with Crippen molar-refractivity contribution in [1.29, 1.82) is 0 Å². The Morgan fingerprint density at radius 2 is 0.543 bits per heavy atom. The molecule has 46 heavy (non-hydrogen) atoms. The Labute approximate surface area is 288 Å². The fourth-order valence-electron chi connectivity index (χ4n) is 6.40. The van der Waals surface area contributed by atoms with Gasteiger partial charge in [-0.05, 0) is 19.3 Å². The Hall–Kier alpha value is -1.06. The van der Waals surface area contributed by atoms with Gasteiger partial charge < -0.3 is 9.47 Å². The molecule has 0 aliphatic carbocycles. The molecule has 0 saturated carbocycles. The standard InChI is InChI=1S/C42H82O4/c1-4-7-10-13-16-18-20-22-24-26-29-31-34-37-40(43)45-42(39-36-33-28-15-12-9-6-3)46-41(44)38-35-32-30-27-25-23-21-19-17-14-11-8-5-2/h42H,4-39H2,1-3H3. The van der Waals surface area contributed by atoms with Crippen LogP contribution in [0.5, 0.6) is 0 Å². The van der Waals surface area contributed by atoms with Crippen LogP contribution in [0.4, 0.5) is 0 Å². The third kappa shape index (κ3) is 35.8. The Bertz CT molecular complexity index is 575. The molecule has 0 fully saturated rings. The molecule has 0 atom stereocenters. The van der Waals surface area contributed by atoms with Gasteiger partial charge in [0.1, 0.15) is 0 Å². The molecule has 0 aliphatic heterocycles. The molecule has 4 heteroatoms. The fraction of sp³-hybridized carbons (Fsp3) is 0.952. The highest BCUT2D eigenvalue weighted by Gasteiger charge is 2.18. The van der Waals surface area contributed by atoms with Crippen LogP contribution < -0.4 is 0 Å². The maximum absolute atomic E-state index is 12.6. The van der Waals surface area contributed by atoms with E-state index in [-0.39, 0.29) is 11.9 Å². The van der Waals surface area contributed by atoms with Crippen molar-refractivity contribution in [3.63, 3.8) is 0 Å². The van der Waals surface area contributed by atoms with Gasteiger partial charge in [0.2, 0.25) is 6.29 Å². The summed E-state index contributed by atoms with van der Waals surface area (Å²) in [4.78, 5) is 25.2. The first kappa shape index (κ1) is 44.9. The Morgan fingerprint density at radius 3 is 0.804 bits per heavy atom. The average Bonchev–Trinajstić information content (AvgIpc) is 3.05. The maximum atomic E-state index is 12.6. The normalized spacial score (nSPS) is 11.4. The van der Waals surface area contributed by atoms with E-state index < -0.39 is 6.29 Å². The predicted octanol–water partition coefficient (Wildman–Crippen LogP) is 14.5. The van der Waals surface area contributed by atoms with E-state index in [1.54, 1.807) is 0 Å². The van der Waals surface area contributed by atoms with Crippen molar-refractivity contribution in [1.82, 2.24) is 0 Å². The number of hydrogen-bond donors (Lipinski definition) is 0. The molecule has 4 nitrogen and oxygen atoms in total. The fourth-order valence-corrected chi connectivity index (χ4v) is 6.40. The Morgan fingerprint density at radius 1 is 0.326 bits per heavy atom. The molecule has 0 rings (SSSR count). The van der Waals surface area contributed by atoms with E-state index in [1.807, 2.05) is 0 Å². The van der Waals surface area contributed by atoms with Crippen molar-refractivity contribution >= 4 is 11.9 Å². The summed E-state index contributed by atoms with van der Waals surface area (Å²) in [5.74, 6) is -0.408. The van der Waals surface area contributed by atoms with E-state index in [4.69, 9.17) is 9.47 Å². The molecular weight excluding hydrogens is 568 g/mol. The topological polar surface area (TPSA) is 52.6 Å². The molecule has 0 aromatic carbocycles. The lowest BCUT2D eigenvalue weighted by molar-refractivity contribution is -0.189. The number of carbonyl (C=O) groups excluding carboxylic acids is 2. The van der Waals surface area contributed by atoms with E-state index in [0.29, 0.717) is 19.3 Å². The smallest absolute Gasteiger partial charge is 0.308 e. The van der Waals surface area contributed by atoms with Gasteiger partial charge in [0.25, 0.3) is 0 Å². The number of unbranched alkanes of at least 4 members (excludes halogenated alkanes) is 30. The molecule has 0 N–H and O–H groups in total. The summed E-state index contributed by atoms with van der Waals surface area (Å²) >= 11 is 0. The van der Waals surface area contributed by atoms with Crippen molar-refractivity contribution in [2.75, 3.05) is 0 Å². The minimum atomic E-state index is -0.709. The molecule has 0 aliphatic rings. The van der Waals surface area contributed by atoms with Crippen LogP contribution >= 0.6 is 0 Å². The van der Waals surface area contributed by atoms with Crippen LogP contribution in [0.3, 0.4) is 0 Å². The van der Waals surface area contributed by atoms with E-state index >= 15 is 0 Å². The van der Waals surface area contributed by atoms with E-state index in [0.717, 1.165) is 38.5 Å². The van der Waals surface area contributed by atoms with Gasteiger partial charge in [-0.15, -0.1) is 0 Å². The summed E-state index contributed by atoms with van der Waals surface area (Å²) in [5, 5.41) is 0. The van der Waals surface area contributed by atoms with Crippen LogP contribution in [0, 0.1) is 0 Å². The summed E-state index contributed by atoms with van der Waals surface area (Å²) < 4.78 is 11.4. The Balaban J connectivity index is 4.07. The van der Waals surface area contributed by atoms with Crippen LogP contribution in [0.1, 0.15) is 252 Å². The van der Waals surface area contributed by atoms with E-state index in [9.17, 15) is 9.59 Å². The lowest BCUT2D eigenvalue weighted by Gasteiger charge is -2.18. The van der Waals surface area contributed by atoms with Crippen molar-refractivity contribution in [2.45, 2.75) is 258 Å². The molecule has 0 heterocycles. The highest BCUT2D eigenvalue weighted by molar-refractivity contribution is 5.71. The molecule has 0 spiro atoms. The van der Waals surface area contributed by atoms with Gasteiger partial charge in [0.15, 0.2) is 0 Å². The van der Waals surface area contributed by atoms with Crippen molar-refractivity contribution in [2.24, 2.45) is 0 Å². The number of esters is 2. The molecule has 0 amide bonds. The number of rotatable bonds is 38. The second-order valence-corrected chi connectivity index (χ2v) is 14.3. The van der Waals surface area contributed by atoms with Crippen molar-refractivity contribution < 1.29 is 19.1 Å². The quantitative estimate of drug-likeness (QED) is 0.0379. The predicted molar refractivity (Wildman–Crippen MR) is 199 cm³/mol. The van der Waals surface area contributed by atoms with Crippen LogP contribution in [0.25, 0.3) is 0 Å². The van der Waals surface area contributed by atoms with Gasteiger partial charge in [-0.2, -0.15) is 0 Å². The third-order valence-corrected chi connectivity index (χ3v) is 9.54. The van der Waals surface area contributed by atoms with Gasteiger partial charge in [-0.25, -0.2) is 0 Å². The minimum Gasteiger partial charge on any atom is -0.425 e. The minimum absolute atomic E-state index is 0.204. The highest BCUT2D eigenvalue weighted by atomic mass is 16.7. The van der Waals surface area contributed by atoms with Crippen LogP contribution in [0.15, 0.2) is 0 Å². The molecule has 0 radical (unpaired) electrons. The SMILES string of the molecule is CCCCCCCCCCCCCCCC(=O)OC(CCCCCCCCC)OC(=O)CCCCCCCCCCCCCCC. The van der Waals surface area contributed by atoms with Crippen LogP contribution in [0.2, 0.25) is 0 Å². The Kier molecular flexibility index (Phi) is 37.5. The maximum Gasteiger partial charge on any atom is 0.308 e. The van der Waals surface area contributed by atoms with Gasteiger partial charge >= 0.3 is 11.9 Å². The summed E-state index contributed by atoms with van der Waals surface area (Å²) in [7, 11) is 0. The monoisotopic (exact) mass is 651 g/mol. The van der Waals surface area contributed by atoms with E-state index in [1.165, 1.54) is 173 Å². The third-order valence-electron chi connectivity index (χ3n) is 9.54. The van der Waals surface area contributed by atoms with Gasteiger partial charge in [-0.1, -0.05) is 213 Å². The molecule has 0 saturated heterocycles. The first-order valence-electron chi connectivity index (χ1n) is 21.0. The summed E-state index contributed by atoms with van der Waals surface area (Å²) in [6, 6.07) is 0. The first-order chi connectivity index (χ1) is 22.6. The number of hydrogen-bond acceptors (Lipinski definition) is 4. The summed E-state index contributed by atoms with van der Waals surface area (Å²) in [5.41, 5.74) is 0.